The Morgan fingerprint density at radius 2 is 2.12 bits per heavy atom. The van der Waals surface area contributed by atoms with Gasteiger partial charge in [-0.3, -0.25) is 0 Å². The molecule has 0 saturated carbocycles. The maximum atomic E-state index is 11.5. The third-order valence-corrected chi connectivity index (χ3v) is 3.37. The Balaban J connectivity index is 3.44. The number of nitrogens with zero attached hydrogens (tertiary/aromatic N) is 1. The number of carbonyl (C=O) groups is 1. The van der Waals surface area contributed by atoms with E-state index in [0.717, 1.165) is 0 Å². The van der Waals surface area contributed by atoms with Gasteiger partial charge in [0.15, 0.2) is 6.19 Å². The van der Waals surface area contributed by atoms with Gasteiger partial charge in [0.1, 0.15) is 0 Å². The molecule has 0 unspecified atom stereocenters. The molecule has 84 valence electrons. The Morgan fingerprint density at radius 1 is 1.50 bits per heavy atom. The second-order valence-electron chi connectivity index (χ2n) is 2.95. The summed E-state index contributed by atoms with van der Waals surface area (Å²) in [6.07, 6.45) is 1.30. The maximum Gasteiger partial charge on any atom is 0.335 e. The van der Waals surface area contributed by atoms with Gasteiger partial charge in [-0.25, -0.2) is 17.9 Å². The highest BCUT2D eigenvalue weighted by molar-refractivity contribution is 7.89. The van der Waals surface area contributed by atoms with E-state index in [1.165, 1.54) is 31.3 Å². The van der Waals surface area contributed by atoms with Crippen molar-refractivity contribution in [2.75, 3.05) is 0 Å². The molecule has 0 aromatic heterocycles. The van der Waals surface area contributed by atoms with Gasteiger partial charge in [-0.2, -0.15) is 5.26 Å². The minimum absolute atomic E-state index is 0.0951. The Bertz CT molecular complexity index is 572. The number of rotatable bonds is 3. The van der Waals surface area contributed by atoms with Crippen LogP contribution in [-0.4, -0.2) is 19.5 Å². The van der Waals surface area contributed by atoms with E-state index in [4.69, 9.17) is 10.4 Å². The van der Waals surface area contributed by atoms with Crippen LogP contribution in [-0.2, 0) is 10.0 Å². The fourth-order valence-electron chi connectivity index (χ4n) is 1.25. The monoisotopic (exact) mass is 240 g/mol. The van der Waals surface area contributed by atoms with Crippen molar-refractivity contribution >= 4 is 16.0 Å². The zero-order valence-electron chi connectivity index (χ0n) is 8.26. The van der Waals surface area contributed by atoms with Crippen LogP contribution in [0.2, 0.25) is 0 Å². The van der Waals surface area contributed by atoms with Crippen molar-refractivity contribution < 1.29 is 18.3 Å². The summed E-state index contributed by atoms with van der Waals surface area (Å²) in [5.41, 5.74) is -0.0152. The highest BCUT2D eigenvalue weighted by Gasteiger charge is 2.19. The molecular weight excluding hydrogens is 232 g/mol. The van der Waals surface area contributed by atoms with Gasteiger partial charge in [0, 0.05) is 0 Å². The van der Waals surface area contributed by atoms with Crippen molar-refractivity contribution in [2.45, 2.75) is 11.8 Å². The van der Waals surface area contributed by atoms with Gasteiger partial charge < -0.3 is 5.11 Å². The van der Waals surface area contributed by atoms with E-state index >= 15 is 0 Å². The van der Waals surface area contributed by atoms with E-state index < -0.39 is 16.0 Å². The molecule has 0 saturated heterocycles. The van der Waals surface area contributed by atoms with Crippen molar-refractivity contribution in [3.8, 4) is 6.19 Å². The van der Waals surface area contributed by atoms with E-state index in [0.29, 0.717) is 0 Å². The van der Waals surface area contributed by atoms with Gasteiger partial charge in [-0.05, 0) is 24.6 Å². The zero-order chi connectivity index (χ0) is 12.3. The van der Waals surface area contributed by atoms with Crippen LogP contribution < -0.4 is 4.72 Å². The van der Waals surface area contributed by atoms with E-state index in [1.54, 1.807) is 4.72 Å². The lowest BCUT2D eigenvalue weighted by Crippen LogP contribution is -2.20. The molecule has 0 aliphatic heterocycles. The first-order chi connectivity index (χ1) is 7.40. The number of carboxylic acid groups (broad SMARTS) is 1. The van der Waals surface area contributed by atoms with Crippen LogP contribution in [0.3, 0.4) is 0 Å². The summed E-state index contributed by atoms with van der Waals surface area (Å²) in [5, 5.41) is 17.1. The Hall–Kier alpha value is -2.07. The van der Waals surface area contributed by atoms with Crippen LogP contribution in [0, 0.1) is 18.4 Å². The number of carboxylic acids is 1. The molecule has 0 atom stereocenters. The fraction of sp³-hybridized carbons (Fsp3) is 0.111. The summed E-state index contributed by atoms with van der Waals surface area (Å²) < 4.78 is 24.6. The van der Waals surface area contributed by atoms with Gasteiger partial charge in [0.2, 0.25) is 0 Å². The van der Waals surface area contributed by atoms with Gasteiger partial charge >= 0.3 is 5.97 Å². The van der Waals surface area contributed by atoms with Crippen molar-refractivity contribution in [1.29, 1.82) is 5.26 Å². The molecule has 0 spiro atoms. The molecule has 0 fully saturated rings. The number of nitriles is 1. The molecule has 6 nitrogen and oxygen atoms in total. The molecule has 1 rings (SSSR count). The van der Waals surface area contributed by atoms with Crippen molar-refractivity contribution in [3.63, 3.8) is 0 Å². The Labute approximate surface area is 92.2 Å². The number of hydrogen-bond donors (Lipinski definition) is 2. The smallest absolute Gasteiger partial charge is 0.335 e. The first-order valence-corrected chi connectivity index (χ1v) is 5.62. The molecule has 0 aliphatic rings. The molecule has 0 amide bonds. The van der Waals surface area contributed by atoms with Crippen molar-refractivity contribution in [3.05, 3.63) is 29.3 Å². The lowest BCUT2D eigenvalue weighted by Gasteiger charge is -2.07. The standard InChI is InChI=1S/C9H8N2O4S/c1-6-7(9(12)13)3-2-4-8(6)16(14,15)11-5-10/h2-4,11H,1H3,(H,12,13). The van der Waals surface area contributed by atoms with Crippen LogP contribution in [0.1, 0.15) is 15.9 Å². The lowest BCUT2D eigenvalue weighted by molar-refractivity contribution is 0.0696. The summed E-state index contributed by atoms with van der Waals surface area (Å²) in [6, 6.07) is 3.84. The Morgan fingerprint density at radius 3 is 2.62 bits per heavy atom. The minimum Gasteiger partial charge on any atom is -0.478 e. The van der Waals surface area contributed by atoms with E-state index in [2.05, 4.69) is 0 Å². The minimum atomic E-state index is -3.97. The number of benzene rings is 1. The first-order valence-electron chi connectivity index (χ1n) is 4.14. The number of aromatic carboxylic acids is 1. The zero-order valence-corrected chi connectivity index (χ0v) is 9.08. The molecular formula is C9H8N2O4S. The summed E-state index contributed by atoms with van der Waals surface area (Å²) in [4.78, 5) is 10.6. The molecule has 1 aromatic carbocycles. The third kappa shape index (κ3) is 2.12. The van der Waals surface area contributed by atoms with Gasteiger partial charge in [0.05, 0.1) is 10.5 Å². The van der Waals surface area contributed by atoms with Crippen LogP contribution in [0.4, 0.5) is 0 Å². The Kier molecular flexibility index (Phi) is 3.15. The second-order valence-corrected chi connectivity index (χ2v) is 4.60. The van der Waals surface area contributed by atoms with E-state index in [9.17, 15) is 13.2 Å². The normalized spacial score (nSPS) is 10.5. The largest absolute Gasteiger partial charge is 0.478 e. The summed E-state index contributed by atoms with van der Waals surface area (Å²) in [5.74, 6) is -1.22. The molecule has 0 aliphatic carbocycles. The highest BCUT2D eigenvalue weighted by Crippen LogP contribution is 2.18. The van der Waals surface area contributed by atoms with Crippen LogP contribution in [0.5, 0.6) is 0 Å². The van der Waals surface area contributed by atoms with Crippen LogP contribution >= 0.6 is 0 Å². The maximum absolute atomic E-state index is 11.5. The van der Waals surface area contributed by atoms with E-state index in [1.807, 2.05) is 0 Å². The fourth-order valence-corrected chi connectivity index (χ4v) is 2.25. The predicted molar refractivity (Wildman–Crippen MR) is 54.1 cm³/mol. The summed E-state index contributed by atoms with van der Waals surface area (Å²) in [6.45, 7) is 1.37. The average Bonchev–Trinajstić information content (AvgIpc) is 2.17. The molecule has 0 radical (unpaired) electrons. The van der Waals surface area contributed by atoms with Gasteiger partial charge in [-0.15, -0.1) is 0 Å². The quantitative estimate of drug-likeness (QED) is 0.589. The number of hydrogen-bond acceptors (Lipinski definition) is 4. The van der Waals surface area contributed by atoms with Crippen LogP contribution in [0.15, 0.2) is 23.1 Å². The lowest BCUT2D eigenvalue weighted by atomic mass is 10.1. The summed E-state index contributed by atoms with van der Waals surface area (Å²) >= 11 is 0. The summed E-state index contributed by atoms with van der Waals surface area (Å²) in [7, 11) is -3.97. The number of nitrogens with one attached hydrogen (secondary N) is 1. The van der Waals surface area contributed by atoms with Crippen molar-refractivity contribution in [1.82, 2.24) is 4.72 Å². The average molecular weight is 240 g/mol. The SMILES string of the molecule is Cc1c(C(=O)O)cccc1S(=O)(=O)NC#N. The molecule has 1 aromatic rings. The second kappa shape index (κ2) is 4.20. The van der Waals surface area contributed by atoms with Crippen LogP contribution in [0.25, 0.3) is 0 Å². The van der Waals surface area contributed by atoms with Gasteiger partial charge in [0.25, 0.3) is 10.0 Å². The van der Waals surface area contributed by atoms with E-state index in [-0.39, 0.29) is 16.0 Å². The topological polar surface area (TPSA) is 107 Å². The molecule has 0 bridgehead atoms. The molecule has 16 heavy (non-hydrogen) atoms. The molecule has 0 heterocycles. The third-order valence-electron chi connectivity index (χ3n) is 1.98. The first kappa shape index (κ1) is 12.0. The highest BCUT2D eigenvalue weighted by atomic mass is 32.2. The number of sulfonamides is 1. The van der Waals surface area contributed by atoms with Crippen molar-refractivity contribution in [2.24, 2.45) is 0 Å². The van der Waals surface area contributed by atoms with Gasteiger partial charge in [-0.1, -0.05) is 6.07 Å². The molecule has 2 N–H and O–H groups in total. The predicted octanol–water partition coefficient (Wildman–Crippen LogP) is 0.453. The molecule has 7 heteroatoms.